The molecule has 31 heavy (non-hydrogen) atoms. The number of fused-ring (bicyclic) bond motifs is 1. The number of hydrogen-bond acceptors (Lipinski definition) is 4. The van der Waals surface area contributed by atoms with E-state index < -0.39 is 17.6 Å². The Hall–Kier alpha value is -3.48. The van der Waals surface area contributed by atoms with Crippen LogP contribution in [0, 0.1) is 0 Å². The van der Waals surface area contributed by atoms with Gasteiger partial charge < -0.3 is 14.9 Å². The lowest BCUT2D eigenvalue weighted by atomic mass is 10.0. The van der Waals surface area contributed by atoms with Gasteiger partial charge >= 0.3 is 5.97 Å². The highest BCUT2D eigenvalue weighted by Crippen LogP contribution is 2.47. The van der Waals surface area contributed by atoms with Crippen LogP contribution in [0.25, 0.3) is 11.6 Å². The highest BCUT2D eigenvalue weighted by molar-refractivity contribution is 6.42. The maximum Gasteiger partial charge on any atom is 0.339 e. The number of carboxylic acid groups (broad SMARTS) is 1. The van der Waals surface area contributed by atoms with Gasteiger partial charge in [0.1, 0.15) is 17.1 Å². The van der Waals surface area contributed by atoms with Crippen molar-refractivity contribution < 1.29 is 24.5 Å². The molecule has 2 N–H and O–H groups in total. The van der Waals surface area contributed by atoms with E-state index in [1.54, 1.807) is 42.5 Å². The number of halogens is 2. The van der Waals surface area contributed by atoms with E-state index in [1.807, 2.05) is 0 Å². The monoisotopic (exact) mass is 455 g/mol. The van der Waals surface area contributed by atoms with Crippen LogP contribution in [0.3, 0.4) is 0 Å². The number of anilines is 2. The lowest BCUT2D eigenvalue weighted by Crippen LogP contribution is -2.20. The van der Waals surface area contributed by atoms with Gasteiger partial charge in [0.05, 0.1) is 29.6 Å². The first-order valence-corrected chi connectivity index (χ1v) is 9.83. The average molecular weight is 456 g/mol. The van der Waals surface area contributed by atoms with Crippen LogP contribution in [0.15, 0.2) is 54.6 Å². The van der Waals surface area contributed by atoms with E-state index in [9.17, 15) is 14.7 Å². The maximum atomic E-state index is 13.5. The van der Waals surface area contributed by atoms with E-state index in [-0.39, 0.29) is 5.56 Å². The smallest absolute Gasteiger partial charge is 0.339 e. The van der Waals surface area contributed by atoms with Crippen LogP contribution in [0.2, 0.25) is 10.0 Å². The van der Waals surface area contributed by atoms with E-state index in [0.717, 1.165) is 0 Å². The topological polar surface area (TPSA) is 87.1 Å². The molecule has 0 radical (unpaired) electrons. The van der Waals surface area contributed by atoms with E-state index in [2.05, 4.69) is 0 Å². The van der Waals surface area contributed by atoms with Gasteiger partial charge in [-0.25, -0.2) is 4.79 Å². The van der Waals surface area contributed by atoms with Gasteiger partial charge in [-0.15, -0.1) is 0 Å². The normalized spacial score (nSPS) is 14.1. The molecule has 1 heterocycles. The third-order valence-corrected chi connectivity index (χ3v) is 5.59. The summed E-state index contributed by atoms with van der Waals surface area (Å²) in [7, 11) is 1.50. The van der Waals surface area contributed by atoms with Gasteiger partial charge in [0.2, 0.25) is 0 Å². The van der Waals surface area contributed by atoms with Crippen molar-refractivity contribution in [2.75, 3.05) is 12.0 Å². The predicted molar refractivity (Wildman–Crippen MR) is 120 cm³/mol. The van der Waals surface area contributed by atoms with Crippen molar-refractivity contribution in [1.82, 2.24) is 0 Å². The summed E-state index contributed by atoms with van der Waals surface area (Å²) in [4.78, 5) is 26.1. The highest BCUT2D eigenvalue weighted by Gasteiger charge is 2.36. The summed E-state index contributed by atoms with van der Waals surface area (Å²) >= 11 is 12.6. The largest absolute Gasteiger partial charge is 0.507 e. The van der Waals surface area contributed by atoms with Gasteiger partial charge in [-0.2, -0.15) is 0 Å². The molecule has 0 fully saturated rings. The number of benzene rings is 3. The van der Waals surface area contributed by atoms with Gasteiger partial charge in [0.25, 0.3) is 5.91 Å². The number of aromatic carboxylic acids is 1. The number of methoxy groups -OCH3 is 1. The molecule has 0 saturated carbocycles. The van der Waals surface area contributed by atoms with Crippen molar-refractivity contribution in [2.24, 2.45) is 0 Å². The number of hydrogen-bond donors (Lipinski definition) is 2. The molecule has 3 aromatic rings. The zero-order valence-electron chi connectivity index (χ0n) is 16.1. The second-order valence-electron chi connectivity index (χ2n) is 6.69. The Balaban J connectivity index is 1.94. The molecule has 0 bridgehead atoms. The minimum absolute atomic E-state index is 0.264. The number of carboxylic acids is 1. The van der Waals surface area contributed by atoms with Crippen molar-refractivity contribution in [2.45, 2.75) is 0 Å². The molecule has 8 heteroatoms. The number of carbonyl (C=O) groups excluding carboxylic acids is 1. The van der Waals surface area contributed by atoms with Crippen molar-refractivity contribution in [3.8, 4) is 11.5 Å². The van der Waals surface area contributed by atoms with Crippen molar-refractivity contribution in [3.63, 3.8) is 0 Å². The maximum absolute atomic E-state index is 13.5. The van der Waals surface area contributed by atoms with E-state index in [0.29, 0.717) is 43.9 Å². The Bertz CT molecular complexity index is 1250. The number of nitrogens with zero attached hydrogens (tertiary/aromatic N) is 1. The zero-order chi connectivity index (χ0) is 22.3. The molecule has 3 aromatic carbocycles. The summed E-state index contributed by atoms with van der Waals surface area (Å²) in [5.41, 5.74) is 1.87. The van der Waals surface area contributed by atoms with Gasteiger partial charge in [0, 0.05) is 21.7 Å². The first-order chi connectivity index (χ1) is 14.8. The molecule has 0 aromatic heterocycles. The molecule has 4 rings (SSSR count). The van der Waals surface area contributed by atoms with E-state index in [4.69, 9.17) is 33.0 Å². The Kier molecular flexibility index (Phi) is 5.35. The molecular formula is C23H15Cl2NO5. The van der Waals surface area contributed by atoms with Gasteiger partial charge in [-0.1, -0.05) is 35.3 Å². The lowest BCUT2D eigenvalue weighted by molar-refractivity contribution is -0.112. The fourth-order valence-corrected chi connectivity index (χ4v) is 4.01. The van der Waals surface area contributed by atoms with Gasteiger partial charge in [-0.05, 0) is 42.5 Å². The van der Waals surface area contributed by atoms with E-state index >= 15 is 0 Å². The molecule has 0 spiro atoms. The number of rotatable bonds is 4. The Morgan fingerprint density at radius 2 is 1.74 bits per heavy atom. The lowest BCUT2D eigenvalue weighted by Gasteiger charge is -2.18. The number of amides is 1. The molecule has 0 saturated heterocycles. The summed E-state index contributed by atoms with van der Waals surface area (Å²) in [6.07, 6.45) is 1.60. The molecule has 1 amide bonds. The molecule has 0 aliphatic carbocycles. The van der Waals surface area contributed by atoms with Crippen molar-refractivity contribution in [1.29, 1.82) is 0 Å². The molecule has 0 atom stereocenters. The minimum atomic E-state index is -1.27. The summed E-state index contributed by atoms with van der Waals surface area (Å²) < 4.78 is 5.48. The van der Waals surface area contributed by atoms with Crippen LogP contribution in [-0.4, -0.2) is 29.2 Å². The highest BCUT2D eigenvalue weighted by atomic mass is 35.5. The van der Waals surface area contributed by atoms with Crippen LogP contribution in [0.4, 0.5) is 11.4 Å². The molecule has 6 nitrogen and oxygen atoms in total. The predicted octanol–water partition coefficient (Wildman–Crippen LogP) is 5.62. The molecule has 1 aliphatic rings. The van der Waals surface area contributed by atoms with Crippen molar-refractivity contribution >= 4 is 58.1 Å². The van der Waals surface area contributed by atoms with E-state index in [1.165, 1.54) is 30.2 Å². The number of aromatic hydroxyl groups is 1. The standard InChI is InChI=1S/C23H15Cl2NO5/c1-31-20-7-3-6-18-21(20)15(11-14-16(24)4-2-5-17(14)25)22(28)26(18)12-8-9-13(23(29)30)19(27)10-12/h2-11,27H,1H3,(H,29,30)/b15-11-. The number of ether oxygens (including phenoxy) is 1. The summed E-state index contributed by atoms with van der Waals surface area (Å²) in [6, 6.07) is 14.2. The SMILES string of the molecule is COc1cccc2c1/C(=C/c1c(Cl)cccc1Cl)C(=O)N2c1ccc(C(=O)O)c(O)c1. The van der Waals surface area contributed by atoms with Crippen molar-refractivity contribution in [3.05, 3.63) is 81.3 Å². The number of carbonyl (C=O) groups is 2. The first kappa shape index (κ1) is 20.8. The fraction of sp³-hybridized carbons (Fsp3) is 0.0435. The Morgan fingerprint density at radius 1 is 1.06 bits per heavy atom. The van der Waals surface area contributed by atoms with Gasteiger partial charge in [0.15, 0.2) is 0 Å². The fourth-order valence-electron chi connectivity index (χ4n) is 3.51. The first-order valence-electron chi connectivity index (χ1n) is 9.07. The summed E-state index contributed by atoms with van der Waals surface area (Å²) in [5, 5.41) is 20.1. The minimum Gasteiger partial charge on any atom is -0.507 e. The summed E-state index contributed by atoms with van der Waals surface area (Å²) in [6.45, 7) is 0. The third kappa shape index (κ3) is 3.50. The van der Waals surface area contributed by atoms with Crippen LogP contribution in [-0.2, 0) is 4.79 Å². The number of phenols is 1. The molecule has 0 unspecified atom stereocenters. The van der Waals surface area contributed by atoms with Crippen LogP contribution in [0.1, 0.15) is 21.5 Å². The Labute approximate surface area is 187 Å². The molecular weight excluding hydrogens is 441 g/mol. The van der Waals surface area contributed by atoms with Crippen LogP contribution in [0.5, 0.6) is 11.5 Å². The summed E-state index contributed by atoms with van der Waals surface area (Å²) in [5.74, 6) is -1.66. The average Bonchev–Trinajstić information content (AvgIpc) is 3.01. The molecule has 1 aliphatic heterocycles. The third-order valence-electron chi connectivity index (χ3n) is 4.93. The zero-order valence-corrected chi connectivity index (χ0v) is 17.6. The van der Waals surface area contributed by atoms with Gasteiger partial charge in [-0.3, -0.25) is 9.69 Å². The van der Waals surface area contributed by atoms with Crippen LogP contribution < -0.4 is 9.64 Å². The Morgan fingerprint density at radius 3 is 2.35 bits per heavy atom. The van der Waals surface area contributed by atoms with Crippen LogP contribution >= 0.6 is 23.2 Å². The second kappa shape index (κ2) is 7.98. The quantitative estimate of drug-likeness (QED) is 0.498. The second-order valence-corrected chi connectivity index (χ2v) is 7.51. The molecule has 156 valence electrons.